The van der Waals surface area contributed by atoms with Crippen LogP contribution in [0.3, 0.4) is 0 Å². The molecule has 0 bridgehead atoms. The smallest absolute Gasteiger partial charge is 0.331 e. The number of carbonyl (C=O) groups is 2. The van der Waals surface area contributed by atoms with Crippen molar-refractivity contribution in [1.82, 2.24) is 4.90 Å². The van der Waals surface area contributed by atoms with Crippen LogP contribution in [-0.2, 0) is 14.3 Å². The molecule has 7 nitrogen and oxygen atoms in total. The standard InChI is InChI=1S/C25H31N3O4/c1-3-27-15-17-28(18-16-27)22-10-8-21(9-11-22)26-24(29)19-32-25(30)14-7-20-5-12-23(13-6-20)31-4-2/h5-14H,3-4,15-19H2,1-2H3,(H,26,29)/b14-7+. The highest BCUT2D eigenvalue weighted by atomic mass is 16.5. The third-order valence-corrected chi connectivity index (χ3v) is 5.28. The van der Waals surface area contributed by atoms with Gasteiger partial charge in [-0.15, -0.1) is 0 Å². The van der Waals surface area contributed by atoms with Crippen LogP contribution in [0.1, 0.15) is 19.4 Å². The second-order valence-corrected chi connectivity index (χ2v) is 7.46. The minimum Gasteiger partial charge on any atom is -0.494 e. The number of esters is 1. The summed E-state index contributed by atoms with van der Waals surface area (Å²) in [5.74, 6) is -0.177. The number of benzene rings is 2. The molecule has 1 aliphatic rings. The van der Waals surface area contributed by atoms with Gasteiger partial charge >= 0.3 is 5.97 Å². The van der Waals surface area contributed by atoms with Crippen molar-refractivity contribution in [2.24, 2.45) is 0 Å². The molecule has 0 radical (unpaired) electrons. The molecule has 1 saturated heterocycles. The number of ether oxygens (including phenoxy) is 2. The molecule has 1 heterocycles. The molecule has 1 aliphatic heterocycles. The van der Waals surface area contributed by atoms with Crippen LogP contribution in [0.15, 0.2) is 54.6 Å². The van der Waals surface area contributed by atoms with E-state index in [2.05, 4.69) is 22.0 Å². The van der Waals surface area contributed by atoms with Gasteiger partial charge in [0.2, 0.25) is 0 Å². The molecule has 3 rings (SSSR count). The zero-order chi connectivity index (χ0) is 22.8. The SMILES string of the molecule is CCOc1ccc(/C=C/C(=O)OCC(=O)Nc2ccc(N3CCN(CC)CC3)cc2)cc1. The lowest BCUT2D eigenvalue weighted by Crippen LogP contribution is -2.46. The Kier molecular flexibility index (Phi) is 8.69. The fourth-order valence-corrected chi connectivity index (χ4v) is 3.47. The Labute approximate surface area is 189 Å². The van der Waals surface area contributed by atoms with Gasteiger partial charge in [0, 0.05) is 43.6 Å². The summed E-state index contributed by atoms with van der Waals surface area (Å²) in [4.78, 5) is 28.8. The Bertz CT molecular complexity index is 902. The minimum atomic E-state index is -0.574. The van der Waals surface area contributed by atoms with E-state index in [1.807, 2.05) is 55.5 Å². The molecule has 170 valence electrons. The maximum atomic E-state index is 12.1. The van der Waals surface area contributed by atoms with E-state index in [4.69, 9.17) is 9.47 Å². The van der Waals surface area contributed by atoms with E-state index < -0.39 is 5.97 Å². The largest absolute Gasteiger partial charge is 0.494 e. The molecule has 1 fully saturated rings. The number of amides is 1. The number of piperazine rings is 1. The number of hydrogen-bond donors (Lipinski definition) is 1. The lowest BCUT2D eigenvalue weighted by atomic mass is 10.2. The molecule has 0 unspecified atom stereocenters. The van der Waals surface area contributed by atoms with Gasteiger partial charge in [-0.2, -0.15) is 0 Å². The van der Waals surface area contributed by atoms with Crippen LogP contribution < -0.4 is 15.0 Å². The van der Waals surface area contributed by atoms with Crippen LogP contribution in [0.25, 0.3) is 6.08 Å². The lowest BCUT2D eigenvalue weighted by molar-refractivity contribution is -0.142. The summed E-state index contributed by atoms with van der Waals surface area (Å²) in [5, 5.41) is 2.75. The van der Waals surface area contributed by atoms with Crippen molar-refractivity contribution in [3.63, 3.8) is 0 Å². The average molecular weight is 438 g/mol. The van der Waals surface area contributed by atoms with E-state index in [-0.39, 0.29) is 12.5 Å². The van der Waals surface area contributed by atoms with Gasteiger partial charge in [-0.3, -0.25) is 4.79 Å². The molecule has 7 heteroatoms. The van der Waals surface area contributed by atoms with Crippen LogP contribution in [0.5, 0.6) is 5.75 Å². The Hall–Kier alpha value is -3.32. The molecule has 0 aromatic heterocycles. The first-order chi connectivity index (χ1) is 15.6. The minimum absolute atomic E-state index is 0.340. The zero-order valence-electron chi connectivity index (χ0n) is 18.8. The molecule has 1 amide bonds. The average Bonchev–Trinajstić information content (AvgIpc) is 2.83. The fourth-order valence-electron chi connectivity index (χ4n) is 3.47. The summed E-state index contributed by atoms with van der Waals surface area (Å²) in [6.07, 6.45) is 2.94. The molecule has 32 heavy (non-hydrogen) atoms. The van der Waals surface area contributed by atoms with Gasteiger partial charge in [-0.1, -0.05) is 19.1 Å². The van der Waals surface area contributed by atoms with Crippen molar-refractivity contribution in [2.75, 3.05) is 56.2 Å². The van der Waals surface area contributed by atoms with Crippen molar-refractivity contribution in [3.05, 3.63) is 60.2 Å². The number of nitrogens with zero attached hydrogens (tertiary/aromatic N) is 2. The maximum Gasteiger partial charge on any atom is 0.331 e. The summed E-state index contributed by atoms with van der Waals surface area (Å²) in [5.41, 5.74) is 2.66. The predicted octanol–water partition coefficient (Wildman–Crippen LogP) is 3.42. The van der Waals surface area contributed by atoms with E-state index in [1.165, 1.54) is 6.08 Å². The monoisotopic (exact) mass is 437 g/mol. The highest BCUT2D eigenvalue weighted by Crippen LogP contribution is 2.19. The van der Waals surface area contributed by atoms with Crippen LogP contribution in [0.4, 0.5) is 11.4 Å². The lowest BCUT2D eigenvalue weighted by Gasteiger charge is -2.35. The van der Waals surface area contributed by atoms with Crippen LogP contribution in [-0.4, -0.2) is 62.7 Å². The molecule has 0 atom stereocenters. The fraction of sp³-hybridized carbons (Fsp3) is 0.360. The van der Waals surface area contributed by atoms with Gasteiger partial charge in [0.25, 0.3) is 5.91 Å². The first-order valence-corrected chi connectivity index (χ1v) is 11.0. The van der Waals surface area contributed by atoms with E-state index in [0.717, 1.165) is 49.7 Å². The van der Waals surface area contributed by atoms with Gasteiger partial charge < -0.3 is 24.6 Å². The highest BCUT2D eigenvalue weighted by Gasteiger charge is 2.15. The van der Waals surface area contributed by atoms with Crippen molar-refractivity contribution in [3.8, 4) is 5.75 Å². The zero-order valence-corrected chi connectivity index (χ0v) is 18.8. The molecule has 0 spiro atoms. The van der Waals surface area contributed by atoms with Crippen molar-refractivity contribution < 1.29 is 19.1 Å². The summed E-state index contributed by atoms with van der Waals surface area (Å²) < 4.78 is 10.4. The predicted molar refractivity (Wildman–Crippen MR) is 127 cm³/mol. The van der Waals surface area contributed by atoms with Crippen LogP contribution in [0.2, 0.25) is 0 Å². The van der Waals surface area contributed by atoms with E-state index >= 15 is 0 Å². The van der Waals surface area contributed by atoms with Gasteiger partial charge in [-0.25, -0.2) is 4.79 Å². The van der Waals surface area contributed by atoms with Crippen LogP contribution in [0, 0.1) is 0 Å². The molecular weight excluding hydrogens is 406 g/mol. The number of hydrogen-bond acceptors (Lipinski definition) is 6. The summed E-state index contributed by atoms with van der Waals surface area (Å²) in [7, 11) is 0. The first kappa shape index (κ1) is 23.3. The van der Waals surface area contributed by atoms with Gasteiger partial charge in [0.1, 0.15) is 5.75 Å². The number of anilines is 2. The summed E-state index contributed by atoms with van der Waals surface area (Å²) >= 11 is 0. The van der Waals surface area contributed by atoms with Gasteiger partial charge in [0.05, 0.1) is 6.61 Å². The van der Waals surface area contributed by atoms with Gasteiger partial charge in [0.15, 0.2) is 6.61 Å². The third-order valence-electron chi connectivity index (χ3n) is 5.28. The maximum absolute atomic E-state index is 12.1. The van der Waals surface area contributed by atoms with E-state index in [9.17, 15) is 9.59 Å². The van der Waals surface area contributed by atoms with E-state index in [1.54, 1.807) is 6.08 Å². The quantitative estimate of drug-likeness (QED) is 0.479. The van der Waals surface area contributed by atoms with Crippen molar-refractivity contribution >= 4 is 29.3 Å². The summed E-state index contributed by atoms with van der Waals surface area (Å²) in [6, 6.07) is 15.1. The van der Waals surface area contributed by atoms with Crippen molar-refractivity contribution in [2.45, 2.75) is 13.8 Å². The molecule has 2 aromatic carbocycles. The second-order valence-electron chi connectivity index (χ2n) is 7.46. The first-order valence-electron chi connectivity index (χ1n) is 11.0. The second kappa shape index (κ2) is 11.9. The Balaban J connectivity index is 1.41. The molecular formula is C25H31N3O4. The number of carbonyl (C=O) groups excluding carboxylic acids is 2. The highest BCUT2D eigenvalue weighted by molar-refractivity contribution is 5.94. The molecule has 0 saturated carbocycles. The van der Waals surface area contributed by atoms with Crippen molar-refractivity contribution in [1.29, 1.82) is 0 Å². The van der Waals surface area contributed by atoms with Gasteiger partial charge in [-0.05, 0) is 61.5 Å². The normalized spacial score (nSPS) is 14.4. The molecule has 2 aromatic rings. The molecule has 0 aliphatic carbocycles. The Morgan fingerprint density at radius 3 is 2.28 bits per heavy atom. The number of rotatable bonds is 9. The Morgan fingerprint density at radius 1 is 0.969 bits per heavy atom. The topological polar surface area (TPSA) is 71.1 Å². The van der Waals surface area contributed by atoms with E-state index in [0.29, 0.717) is 12.3 Å². The molecule has 1 N–H and O–H groups in total. The van der Waals surface area contributed by atoms with Crippen LogP contribution >= 0.6 is 0 Å². The number of nitrogens with one attached hydrogen (secondary N) is 1. The number of likely N-dealkylation sites (N-methyl/N-ethyl adjacent to an activating group) is 1. The Morgan fingerprint density at radius 2 is 1.66 bits per heavy atom. The third kappa shape index (κ3) is 7.13. The summed E-state index contributed by atoms with van der Waals surface area (Å²) in [6.45, 7) is 9.57.